The van der Waals surface area contributed by atoms with Gasteiger partial charge >= 0.3 is 0 Å². The molecule has 3 nitrogen and oxygen atoms in total. The molecule has 2 fully saturated rings. The van der Waals surface area contributed by atoms with Crippen molar-refractivity contribution in [1.82, 2.24) is 10.2 Å². The van der Waals surface area contributed by atoms with Gasteiger partial charge in [-0.25, -0.2) is 8.78 Å². The molecule has 1 aliphatic heterocycles. The molecule has 110 valence electrons. The number of halogens is 2. The molecule has 1 aromatic rings. The number of nitrogens with one attached hydrogen (secondary N) is 1. The van der Waals surface area contributed by atoms with Gasteiger partial charge in [-0.05, 0) is 18.9 Å². The Morgan fingerprint density at radius 1 is 1.30 bits per heavy atom. The summed E-state index contributed by atoms with van der Waals surface area (Å²) in [4.78, 5) is 2.48. The van der Waals surface area contributed by atoms with Gasteiger partial charge in [0, 0.05) is 43.9 Å². The van der Waals surface area contributed by atoms with Crippen LogP contribution in [-0.4, -0.2) is 43.3 Å². The average molecular weight is 282 g/mol. The fourth-order valence-electron chi connectivity index (χ4n) is 2.67. The Bertz CT molecular complexity index is 465. The highest BCUT2D eigenvalue weighted by Gasteiger charge is 2.32. The third-order valence-corrected chi connectivity index (χ3v) is 3.94. The van der Waals surface area contributed by atoms with E-state index in [2.05, 4.69) is 10.2 Å². The van der Waals surface area contributed by atoms with E-state index in [0.717, 1.165) is 31.8 Å². The summed E-state index contributed by atoms with van der Waals surface area (Å²) < 4.78 is 32.0. The van der Waals surface area contributed by atoms with Crippen LogP contribution in [0.15, 0.2) is 18.2 Å². The lowest BCUT2D eigenvalue weighted by Crippen LogP contribution is -2.47. The highest BCUT2D eigenvalue weighted by atomic mass is 19.1. The molecule has 1 unspecified atom stereocenters. The molecule has 0 amide bonds. The van der Waals surface area contributed by atoms with Crippen molar-refractivity contribution >= 4 is 0 Å². The Morgan fingerprint density at radius 3 is 2.90 bits per heavy atom. The van der Waals surface area contributed by atoms with Gasteiger partial charge in [-0.2, -0.15) is 0 Å². The molecule has 1 atom stereocenters. The molecule has 0 aromatic heterocycles. The Hall–Kier alpha value is -1.04. The first-order valence-electron chi connectivity index (χ1n) is 7.22. The predicted octanol–water partition coefficient (Wildman–Crippen LogP) is 1.92. The van der Waals surface area contributed by atoms with Gasteiger partial charge in [0.05, 0.1) is 12.7 Å². The molecular formula is C15H20F2N2O. The van der Waals surface area contributed by atoms with E-state index >= 15 is 0 Å². The molecule has 1 aliphatic carbocycles. The summed E-state index contributed by atoms with van der Waals surface area (Å²) in [5.74, 6) is -1.04. The quantitative estimate of drug-likeness (QED) is 0.893. The lowest BCUT2D eigenvalue weighted by Gasteiger charge is -2.33. The monoisotopic (exact) mass is 282 g/mol. The second-order valence-electron chi connectivity index (χ2n) is 5.59. The van der Waals surface area contributed by atoms with Gasteiger partial charge in [-0.3, -0.25) is 4.90 Å². The van der Waals surface area contributed by atoms with Crippen molar-refractivity contribution in [2.75, 3.05) is 26.2 Å². The van der Waals surface area contributed by atoms with Crippen molar-refractivity contribution in [3.05, 3.63) is 35.4 Å². The first-order valence-corrected chi connectivity index (χ1v) is 7.22. The van der Waals surface area contributed by atoms with Gasteiger partial charge in [0.25, 0.3) is 0 Å². The SMILES string of the molecule is Fc1ccc(CNCC2CN(C3CC3)CCO2)c(F)c1. The molecule has 1 aromatic carbocycles. The highest BCUT2D eigenvalue weighted by Crippen LogP contribution is 2.28. The Morgan fingerprint density at radius 2 is 2.15 bits per heavy atom. The fourth-order valence-corrected chi connectivity index (χ4v) is 2.67. The van der Waals surface area contributed by atoms with E-state index in [4.69, 9.17) is 4.74 Å². The van der Waals surface area contributed by atoms with E-state index in [1.165, 1.54) is 25.0 Å². The van der Waals surface area contributed by atoms with Crippen molar-refractivity contribution < 1.29 is 13.5 Å². The van der Waals surface area contributed by atoms with Crippen LogP contribution >= 0.6 is 0 Å². The van der Waals surface area contributed by atoms with Crippen LogP contribution in [0.3, 0.4) is 0 Å². The summed E-state index contributed by atoms with van der Waals surface area (Å²) in [7, 11) is 0. The van der Waals surface area contributed by atoms with Gasteiger partial charge in [0.15, 0.2) is 0 Å². The van der Waals surface area contributed by atoms with Crippen LogP contribution in [0.4, 0.5) is 8.78 Å². The van der Waals surface area contributed by atoms with Crippen molar-refractivity contribution in [2.24, 2.45) is 0 Å². The van der Waals surface area contributed by atoms with Crippen molar-refractivity contribution in [3.8, 4) is 0 Å². The Balaban J connectivity index is 1.44. The summed E-state index contributed by atoms with van der Waals surface area (Å²) in [5.41, 5.74) is 0.487. The molecule has 1 saturated carbocycles. The van der Waals surface area contributed by atoms with Gasteiger partial charge in [0.1, 0.15) is 11.6 Å². The molecule has 2 aliphatic rings. The number of hydrogen-bond donors (Lipinski definition) is 1. The minimum atomic E-state index is -0.540. The number of nitrogens with zero attached hydrogens (tertiary/aromatic N) is 1. The van der Waals surface area contributed by atoms with Gasteiger partial charge in [-0.15, -0.1) is 0 Å². The van der Waals surface area contributed by atoms with E-state index in [0.29, 0.717) is 18.7 Å². The zero-order chi connectivity index (χ0) is 13.9. The second kappa shape index (κ2) is 6.16. The van der Waals surface area contributed by atoms with Crippen LogP contribution in [0.1, 0.15) is 18.4 Å². The van der Waals surface area contributed by atoms with E-state index < -0.39 is 11.6 Å². The van der Waals surface area contributed by atoms with Crippen LogP contribution in [-0.2, 0) is 11.3 Å². The molecular weight excluding hydrogens is 262 g/mol. The summed E-state index contributed by atoms with van der Waals surface area (Å²) in [6.45, 7) is 3.83. The molecule has 5 heteroatoms. The van der Waals surface area contributed by atoms with E-state index in [1.54, 1.807) is 0 Å². The smallest absolute Gasteiger partial charge is 0.130 e. The number of morpholine rings is 1. The maximum absolute atomic E-state index is 13.5. The lowest BCUT2D eigenvalue weighted by atomic mass is 10.2. The summed E-state index contributed by atoms with van der Waals surface area (Å²) >= 11 is 0. The zero-order valence-electron chi connectivity index (χ0n) is 11.4. The second-order valence-corrected chi connectivity index (χ2v) is 5.59. The molecule has 0 bridgehead atoms. The van der Waals surface area contributed by atoms with Crippen molar-refractivity contribution in [2.45, 2.75) is 31.5 Å². The standard InChI is InChI=1S/C15H20F2N2O/c16-12-2-1-11(15(17)7-12)8-18-9-14-10-19(5-6-20-14)13-3-4-13/h1-2,7,13-14,18H,3-6,8-10H2. The van der Waals surface area contributed by atoms with Crippen molar-refractivity contribution in [3.63, 3.8) is 0 Å². The first kappa shape index (κ1) is 13.9. The summed E-state index contributed by atoms with van der Waals surface area (Å²) in [6.07, 6.45) is 2.77. The van der Waals surface area contributed by atoms with Gasteiger partial charge in [0.2, 0.25) is 0 Å². The van der Waals surface area contributed by atoms with Crippen LogP contribution in [0, 0.1) is 11.6 Å². The predicted molar refractivity (Wildman–Crippen MR) is 72.4 cm³/mol. The lowest BCUT2D eigenvalue weighted by molar-refractivity contribution is -0.0301. The molecule has 0 radical (unpaired) electrons. The fraction of sp³-hybridized carbons (Fsp3) is 0.600. The Kier molecular flexibility index (Phi) is 4.29. The number of rotatable bonds is 5. The molecule has 1 heterocycles. The maximum Gasteiger partial charge on any atom is 0.130 e. The molecule has 1 saturated heterocycles. The largest absolute Gasteiger partial charge is 0.374 e. The Labute approximate surface area is 117 Å². The third kappa shape index (κ3) is 3.53. The van der Waals surface area contributed by atoms with Crippen LogP contribution in [0.25, 0.3) is 0 Å². The first-order chi connectivity index (χ1) is 9.72. The molecule has 0 spiro atoms. The molecule has 20 heavy (non-hydrogen) atoms. The normalized spacial score (nSPS) is 24.0. The minimum absolute atomic E-state index is 0.160. The van der Waals surface area contributed by atoms with Gasteiger partial charge in [-0.1, -0.05) is 6.07 Å². The van der Waals surface area contributed by atoms with Crippen molar-refractivity contribution in [1.29, 1.82) is 0 Å². The van der Waals surface area contributed by atoms with E-state index in [1.807, 2.05) is 0 Å². The number of benzene rings is 1. The van der Waals surface area contributed by atoms with E-state index in [9.17, 15) is 8.78 Å². The zero-order valence-corrected chi connectivity index (χ0v) is 11.4. The highest BCUT2D eigenvalue weighted by molar-refractivity contribution is 5.18. The third-order valence-electron chi connectivity index (χ3n) is 3.94. The molecule has 1 N–H and O–H groups in total. The van der Waals surface area contributed by atoms with Crippen LogP contribution < -0.4 is 5.32 Å². The molecule has 3 rings (SSSR count). The van der Waals surface area contributed by atoms with E-state index in [-0.39, 0.29) is 6.10 Å². The minimum Gasteiger partial charge on any atom is -0.374 e. The topological polar surface area (TPSA) is 24.5 Å². The number of hydrogen-bond acceptors (Lipinski definition) is 3. The summed E-state index contributed by atoms with van der Waals surface area (Å²) in [6, 6.07) is 4.45. The van der Waals surface area contributed by atoms with Gasteiger partial charge < -0.3 is 10.1 Å². The average Bonchev–Trinajstić information content (AvgIpc) is 3.26. The van der Waals surface area contributed by atoms with Crippen LogP contribution in [0.5, 0.6) is 0 Å². The number of ether oxygens (including phenoxy) is 1. The van der Waals surface area contributed by atoms with Crippen LogP contribution in [0.2, 0.25) is 0 Å². The summed E-state index contributed by atoms with van der Waals surface area (Å²) in [5, 5.41) is 3.20. The maximum atomic E-state index is 13.5.